The summed E-state index contributed by atoms with van der Waals surface area (Å²) in [5, 5.41) is 2.19. The normalized spacial score (nSPS) is 6.83. The summed E-state index contributed by atoms with van der Waals surface area (Å²) < 4.78 is 0. The molecule has 0 rings (SSSR count). The van der Waals surface area contributed by atoms with Crippen LogP contribution in [0, 0.1) is 4.91 Å². The summed E-state index contributed by atoms with van der Waals surface area (Å²) in [6.07, 6.45) is 0. The lowest BCUT2D eigenvalue weighted by Crippen LogP contribution is -1.83. The lowest BCUT2D eigenvalue weighted by Gasteiger charge is -1.79. The maximum Gasteiger partial charge on any atom is 0.198 e. The molecule has 0 atom stereocenters. The molecular formula is C2H3NO2S. The van der Waals surface area contributed by atoms with E-state index in [1.54, 1.807) is 0 Å². The summed E-state index contributed by atoms with van der Waals surface area (Å²) in [6.45, 7) is 1.47. The molecule has 0 radical (unpaired) electrons. The van der Waals surface area contributed by atoms with Gasteiger partial charge in [0, 0.05) is 6.92 Å². The zero-order chi connectivity index (χ0) is 4.99. The minimum absolute atomic E-state index is 0.144. The zero-order valence-electron chi connectivity index (χ0n) is 3.17. The number of thiocarbonyl (C=S) groups is 1. The van der Waals surface area contributed by atoms with Crippen molar-refractivity contribution >= 4 is 17.3 Å². The molecule has 3 nitrogen and oxygen atoms in total. The lowest BCUT2D eigenvalue weighted by molar-refractivity contribution is 0.328. The Balaban J connectivity index is 3.05. The van der Waals surface area contributed by atoms with Crippen molar-refractivity contribution in [2.75, 3.05) is 0 Å². The van der Waals surface area contributed by atoms with Gasteiger partial charge in [-0.2, -0.15) is 0 Å². The van der Waals surface area contributed by atoms with Crippen LogP contribution < -0.4 is 0 Å². The van der Waals surface area contributed by atoms with Crippen LogP contribution in [-0.2, 0) is 4.84 Å². The molecule has 0 aromatic rings. The van der Waals surface area contributed by atoms with Gasteiger partial charge < -0.3 is 4.84 Å². The van der Waals surface area contributed by atoms with Crippen molar-refractivity contribution in [1.82, 2.24) is 0 Å². The average molecular weight is 105 g/mol. The standard InChI is InChI=1S/C2H3NO2S/c1-2(6)5-3-4/h1H3. The van der Waals surface area contributed by atoms with Gasteiger partial charge in [0.1, 0.15) is 0 Å². The van der Waals surface area contributed by atoms with Gasteiger partial charge in [-0.05, 0) is 12.2 Å². The van der Waals surface area contributed by atoms with E-state index in [0.717, 1.165) is 0 Å². The molecule has 0 aromatic heterocycles. The first kappa shape index (κ1) is 5.49. The maximum atomic E-state index is 9.06. The molecule has 4 heteroatoms. The Morgan fingerprint density at radius 3 is 2.50 bits per heavy atom. The van der Waals surface area contributed by atoms with Gasteiger partial charge in [0.15, 0.2) is 10.4 Å². The third-order valence-corrected chi connectivity index (χ3v) is 0.240. The van der Waals surface area contributed by atoms with E-state index < -0.39 is 0 Å². The zero-order valence-corrected chi connectivity index (χ0v) is 3.99. The van der Waals surface area contributed by atoms with Gasteiger partial charge >= 0.3 is 0 Å². The highest BCUT2D eigenvalue weighted by Gasteiger charge is 1.78. The van der Waals surface area contributed by atoms with E-state index in [2.05, 4.69) is 17.1 Å². The Bertz CT molecular complexity index is 71.9. The lowest BCUT2D eigenvalue weighted by atomic mass is 10.9. The average Bonchev–Trinajstić information content (AvgIpc) is 1.35. The van der Waals surface area contributed by atoms with E-state index in [0.29, 0.717) is 0 Å². The van der Waals surface area contributed by atoms with E-state index in [1.165, 1.54) is 6.92 Å². The summed E-state index contributed by atoms with van der Waals surface area (Å²) >= 11 is 4.28. The first-order valence-electron chi connectivity index (χ1n) is 1.27. The molecule has 0 N–H and O–H groups in total. The van der Waals surface area contributed by atoms with Gasteiger partial charge in [-0.3, -0.25) is 0 Å². The van der Waals surface area contributed by atoms with Crippen molar-refractivity contribution in [2.24, 2.45) is 5.34 Å². The van der Waals surface area contributed by atoms with Crippen molar-refractivity contribution in [2.45, 2.75) is 6.92 Å². The molecule has 0 spiro atoms. The van der Waals surface area contributed by atoms with Gasteiger partial charge in [0.2, 0.25) is 0 Å². The van der Waals surface area contributed by atoms with Gasteiger partial charge in [0.25, 0.3) is 0 Å². The third kappa shape index (κ3) is 3.49. The SMILES string of the molecule is CC(=S)ON=O. The molecule has 0 aliphatic heterocycles. The van der Waals surface area contributed by atoms with Gasteiger partial charge in [0.05, 0.1) is 0 Å². The minimum atomic E-state index is 0.144. The van der Waals surface area contributed by atoms with Crippen LogP contribution in [0.2, 0.25) is 0 Å². The van der Waals surface area contributed by atoms with E-state index in [-0.39, 0.29) is 5.05 Å². The summed E-state index contributed by atoms with van der Waals surface area (Å²) in [6, 6.07) is 0. The Labute approximate surface area is 40.2 Å². The van der Waals surface area contributed by atoms with E-state index in [1.807, 2.05) is 5.34 Å². The molecule has 6 heavy (non-hydrogen) atoms. The first-order valence-corrected chi connectivity index (χ1v) is 1.68. The molecule has 0 saturated carbocycles. The van der Waals surface area contributed by atoms with E-state index >= 15 is 0 Å². The highest BCUT2D eigenvalue weighted by molar-refractivity contribution is 7.80. The minimum Gasteiger partial charge on any atom is -0.317 e. The second-order valence-corrected chi connectivity index (χ2v) is 1.23. The molecule has 0 amide bonds. The van der Waals surface area contributed by atoms with Crippen LogP contribution in [-0.4, -0.2) is 5.05 Å². The summed E-state index contributed by atoms with van der Waals surface area (Å²) in [5.74, 6) is 0. The highest BCUT2D eigenvalue weighted by atomic mass is 32.1. The Morgan fingerprint density at radius 1 is 2.00 bits per heavy atom. The smallest absolute Gasteiger partial charge is 0.198 e. The van der Waals surface area contributed by atoms with Crippen LogP contribution in [0.5, 0.6) is 0 Å². The molecule has 0 aliphatic carbocycles. The number of rotatable bonds is 1. The summed E-state index contributed by atoms with van der Waals surface area (Å²) in [5.41, 5.74) is 0. The predicted molar refractivity (Wildman–Crippen MR) is 25.2 cm³/mol. The molecule has 0 aromatic carbocycles. The molecule has 0 unspecified atom stereocenters. The van der Waals surface area contributed by atoms with Crippen LogP contribution in [0.4, 0.5) is 0 Å². The van der Waals surface area contributed by atoms with E-state index in [4.69, 9.17) is 4.91 Å². The molecule has 34 valence electrons. The van der Waals surface area contributed by atoms with Crippen LogP contribution in [0.15, 0.2) is 5.34 Å². The number of hydrogen-bond acceptors (Lipinski definition) is 4. The van der Waals surface area contributed by atoms with Crippen molar-refractivity contribution in [1.29, 1.82) is 0 Å². The summed E-state index contributed by atoms with van der Waals surface area (Å²) in [7, 11) is 0. The molecular weight excluding hydrogens is 102 g/mol. The molecule has 0 bridgehead atoms. The topological polar surface area (TPSA) is 38.7 Å². The second-order valence-electron chi connectivity index (χ2n) is 0.657. The van der Waals surface area contributed by atoms with Gasteiger partial charge in [-0.1, -0.05) is 0 Å². The highest BCUT2D eigenvalue weighted by Crippen LogP contribution is 1.76. The Kier molecular flexibility index (Phi) is 2.48. The fourth-order valence-electron chi connectivity index (χ4n) is 0.0525. The number of nitrogens with zero attached hydrogens (tertiary/aromatic N) is 1. The third-order valence-electron chi connectivity index (χ3n) is 0.166. The van der Waals surface area contributed by atoms with E-state index in [9.17, 15) is 0 Å². The number of hydrogen-bond donors (Lipinski definition) is 0. The molecule has 0 saturated heterocycles. The van der Waals surface area contributed by atoms with Crippen molar-refractivity contribution < 1.29 is 4.84 Å². The molecule has 0 aliphatic rings. The quantitative estimate of drug-likeness (QED) is 0.284. The first-order chi connectivity index (χ1) is 2.77. The fourth-order valence-corrected chi connectivity index (χ4v) is 0.0829. The largest absolute Gasteiger partial charge is 0.317 e. The maximum absolute atomic E-state index is 9.06. The fraction of sp³-hybridized carbons (Fsp3) is 0.500. The van der Waals surface area contributed by atoms with Gasteiger partial charge in [-0.25, -0.2) is 0 Å². The monoisotopic (exact) mass is 105 g/mol. The Hall–Kier alpha value is -0.510. The predicted octanol–water partition coefficient (Wildman–Crippen LogP) is 1.03. The van der Waals surface area contributed by atoms with Crippen LogP contribution >= 0.6 is 12.2 Å². The van der Waals surface area contributed by atoms with Gasteiger partial charge in [-0.15, -0.1) is 4.91 Å². The van der Waals surface area contributed by atoms with Crippen LogP contribution in [0.25, 0.3) is 0 Å². The van der Waals surface area contributed by atoms with Crippen molar-refractivity contribution in [3.8, 4) is 0 Å². The summed E-state index contributed by atoms with van der Waals surface area (Å²) in [4.78, 5) is 12.9. The van der Waals surface area contributed by atoms with Crippen molar-refractivity contribution in [3.05, 3.63) is 4.91 Å². The molecule has 0 fully saturated rings. The van der Waals surface area contributed by atoms with Crippen LogP contribution in [0.1, 0.15) is 6.92 Å². The Morgan fingerprint density at radius 2 is 2.50 bits per heavy atom. The molecule has 0 heterocycles. The van der Waals surface area contributed by atoms with Crippen molar-refractivity contribution in [3.63, 3.8) is 0 Å². The van der Waals surface area contributed by atoms with Crippen LogP contribution in [0.3, 0.4) is 0 Å². The second kappa shape index (κ2) is 2.71.